The zero-order chi connectivity index (χ0) is 19.7. The van der Waals surface area contributed by atoms with E-state index in [9.17, 15) is 13.2 Å². The fraction of sp³-hybridized carbons (Fsp3) is 0.632. The molecule has 0 saturated carbocycles. The highest BCUT2D eigenvalue weighted by Gasteiger charge is 2.29. The molecule has 160 valence electrons. The van der Waals surface area contributed by atoms with E-state index in [-0.39, 0.29) is 24.0 Å². The first-order chi connectivity index (χ1) is 12.9. The van der Waals surface area contributed by atoms with Crippen molar-refractivity contribution in [2.24, 2.45) is 4.99 Å². The topological polar surface area (TPSA) is 42.9 Å². The molecule has 0 amide bonds. The molecule has 0 radical (unpaired) electrons. The SMILES string of the molecule is CCN1CCN(CCNC(=NC)NCCc2ccc(C(F)(F)F)cc2)CC1.I. The summed E-state index contributed by atoms with van der Waals surface area (Å²) in [4.78, 5) is 9.08. The first kappa shape index (κ1) is 25.0. The van der Waals surface area contributed by atoms with Crippen molar-refractivity contribution in [2.75, 3.05) is 59.4 Å². The smallest absolute Gasteiger partial charge is 0.356 e. The second kappa shape index (κ2) is 12.5. The molecule has 0 aromatic heterocycles. The molecule has 2 rings (SSSR count). The van der Waals surface area contributed by atoms with E-state index >= 15 is 0 Å². The summed E-state index contributed by atoms with van der Waals surface area (Å²) >= 11 is 0. The number of nitrogens with one attached hydrogen (secondary N) is 2. The zero-order valence-electron chi connectivity index (χ0n) is 16.6. The van der Waals surface area contributed by atoms with Gasteiger partial charge in [-0.25, -0.2) is 0 Å². The van der Waals surface area contributed by atoms with Crippen molar-refractivity contribution in [1.82, 2.24) is 20.4 Å². The molecule has 1 heterocycles. The second-order valence-corrected chi connectivity index (χ2v) is 6.65. The molecule has 1 aliphatic heterocycles. The molecule has 9 heteroatoms. The molecule has 1 fully saturated rings. The van der Waals surface area contributed by atoms with Crippen LogP contribution < -0.4 is 10.6 Å². The summed E-state index contributed by atoms with van der Waals surface area (Å²) in [5.41, 5.74) is 0.246. The summed E-state index contributed by atoms with van der Waals surface area (Å²) in [5.74, 6) is 0.717. The van der Waals surface area contributed by atoms with E-state index in [0.29, 0.717) is 18.9 Å². The number of hydrogen-bond donors (Lipinski definition) is 2. The molecule has 0 aliphatic carbocycles. The van der Waals surface area contributed by atoms with Crippen molar-refractivity contribution in [3.05, 3.63) is 35.4 Å². The first-order valence-electron chi connectivity index (χ1n) is 9.47. The largest absolute Gasteiger partial charge is 0.416 e. The van der Waals surface area contributed by atoms with Gasteiger partial charge in [-0.15, -0.1) is 24.0 Å². The van der Waals surface area contributed by atoms with Crippen molar-refractivity contribution in [3.8, 4) is 0 Å². The monoisotopic (exact) mass is 513 g/mol. The molecule has 0 bridgehead atoms. The van der Waals surface area contributed by atoms with E-state index < -0.39 is 11.7 Å². The van der Waals surface area contributed by atoms with Crippen molar-refractivity contribution < 1.29 is 13.2 Å². The maximum atomic E-state index is 12.6. The second-order valence-electron chi connectivity index (χ2n) is 6.65. The van der Waals surface area contributed by atoms with Crippen LogP contribution in [-0.2, 0) is 12.6 Å². The van der Waals surface area contributed by atoms with Crippen LogP contribution in [0.3, 0.4) is 0 Å². The summed E-state index contributed by atoms with van der Waals surface area (Å²) in [5, 5.41) is 6.50. The lowest BCUT2D eigenvalue weighted by molar-refractivity contribution is -0.137. The van der Waals surface area contributed by atoms with Crippen LogP contribution in [0.1, 0.15) is 18.1 Å². The quantitative estimate of drug-likeness (QED) is 0.335. The van der Waals surface area contributed by atoms with Crippen LogP contribution >= 0.6 is 24.0 Å². The predicted molar refractivity (Wildman–Crippen MR) is 118 cm³/mol. The third-order valence-electron chi connectivity index (χ3n) is 4.84. The Kier molecular flexibility index (Phi) is 11.1. The molecular formula is C19H31F3IN5. The number of rotatable bonds is 7. The lowest BCUT2D eigenvalue weighted by atomic mass is 10.1. The predicted octanol–water partition coefficient (Wildman–Crippen LogP) is 2.67. The molecule has 5 nitrogen and oxygen atoms in total. The van der Waals surface area contributed by atoms with Gasteiger partial charge in [-0.3, -0.25) is 9.89 Å². The number of hydrogen-bond acceptors (Lipinski definition) is 3. The van der Waals surface area contributed by atoms with Crippen LogP contribution in [0.4, 0.5) is 13.2 Å². The molecule has 1 aliphatic rings. The maximum absolute atomic E-state index is 12.6. The molecular weight excluding hydrogens is 482 g/mol. The van der Waals surface area contributed by atoms with E-state index in [4.69, 9.17) is 0 Å². The molecule has 28 heavy (non-hydrogen) atoms. The third-order valence-corrected chi connectivity index (χ3v) is 4.84. The van der Waals surface area contributed by atoms with E-state index in [1.54, 1.807) is 7.05 Å². The molecule has 0 unspecified atom stereocenters. The Morgan fingerprint density at radius 2 is 1.57 bits per heavy atom. The average Bonchev–Trinajstić information content (AvgIpc) is 2.67. The Morgan fingerprint density at radius 1 is 1.00 bits per heavy atom. The molecule has 1 saturated heterocycles. The minimum Gasteiger partial charge on any atom is -0.356 e. The fourth-order valence-electron chi connectivity index (χ4n) is 3.07. The average molecular weight is 513 g/mol. The number of aliphatic imine (C=N–C) groups is 1. The van der Waals surface area contributed by atoms with Gasteiger partial charge in [0.1, 0.15) is 0 Å². The molecule has 2 N–H and O–H groups in total. The Bertz CT molecular complexity index is 584. The Hall–Kier alpha value is -1.07. The number of alkyl halides is 3. The van der Waals surface area contributed by atoms with Gasteiger partial charge in [0.15, 0.2) is 5.96 Å². The fourth-order valence-corrected chi connectivity index (χ4v) is 3.07. The Morgan fingerprint density at radius 3 is 2.11 bits per heavy atom. The van der Waals surface area contributed by atoms with Gasteiger partial charge in [0.05, 0.1) is 5.56 Å². The van der Waals surface area contributed by atoms with Crippen molar-refractivity contribution in [2.45, 2.75) is 19.5 Å². The number of benzene rings is 1. The zero-order valence-corrected chi connectivity index (χ0v) is 18.9. The normalized spacial score (nSPS) is 16.5. The van der Waals surface area contributed by atoms with Crippen LogP contribution in [-0.4, -0.2) is 75.2 Å². The van der Waals surface area contributed by atoms with Crippen molar-refractivity contribution >= 4 is 29.9 Å². The number of likely N-dealkylation sites (N-methyl/N-ethyl adjacent to an activating group) is 1. The van der Waals surface area contributed by atoms with Gasteiger partial charge in [-0.2, -0.15) is 13.2 Å². The van der Waals surface area contributed by atoms with Gasteiger partial charge in [0, 0.05) is 52.9 Å². The third kappa shape index (κ3) is 8.52. The minimum absolute atomic E-state index is 0. The molecule has 1 aromatic rings. The summed E-state index contributed by atoms with van der Waals surface area (Å²) in [6, 6.07) is 5.30. The Labute approximate surface area is 182 Å². The summed E-state index contributed by atoms with van der Waals surface area (Å²) < 4.78 is 37.7. The van der Waals surface area contributed by atoms with E-state index in [0.717, 1.165) is 63.5 Å². The minimum atomic E-state index is -4.29. The van der Waals surface area contributed by atoms with Gasteiger partial charge in [0.25, 0.3) is 0 Å². The Balaban J connectivity index is 0.00000392. The van der Waals surface area contributed by atoms with Crippen molar-refractivity contribution in [1.29, 1.82) is 0 Å². The standard InChI is InChI=1S/C19H30F3N5.HI/c1-3-26-12-14-27(15-13-26)11-10-25-18(23-2)24-9-8-16-4-6-17(7-5-16)19(20,21)22;/h4-7H,3,8-15H2,1-2H3,(H2,23,24,25);1H. The maximum Gasteiger partial charge on any atom is 0.416 e. The highest BCUT2D eigenvalue weighted by molar-refractivity contribution is 14.0. The summed E-state index contributed by atoms with van der Waals surface area (Å²) in [7, 11) is 1.72. The van der Waals surface area contributed by atoms with Crippen LogP contribution in [0, 0.1) is 0 Å². The van der Waals surface area contributed by atoms with Gasteiger partial charge < -0.3 is 15.5 Å². The molecule has 0 spiro atoms. The summed E-state index contributed by atoms with van der Waals surface area (Å²) in [6.07, 6.45) is -3.65. The van der Waals surface area contributed by atoms with Gasteiger partial charge in [-0.05, 0) is 30.7 Å². The number of guanidine groups is 1. The molecule has 1 aromatic carbocycles. The van der Waals surface area contributed by atoms with E-state index in [1.807, 2.05) is 0 Å². The lowest BCUT2D eigenvalue weighted by Crippen LogP contribution is -2.49. The van der Waals surface area contributed by atoms with Crippen LogP contribution in [0.15, 0.2) is 29.3 Å². The highest BCUT2D eigenvalue weighted by Crippen LogP contribution is 2.29. The molecule has 0 atom stereocenters. The van der Waals surface area contributed by atoms with Crippen LogP contribution in [0.5, 0.6) is 0 Å². The highest BCUT2D eigenvalue weighted by atomic mass is 127. The lowest BCUT2D eigenvalue weighted by Gasteiger charge is -2.34. The number of nitrogens with zero attached hydrogens (tertiary/aromatic N) is 3. The summed E-state index contributed by atoms with van der Waals surface area (Å²) in [6.45, 7) is 10.1. The van der Waals surface area contributed by atoms with Crippen LogP contribution in [0.25, 0.3) is 0 Å². The van der Waals surface area contributed by atoms with Crippen LogP contribution in [0.2, 0.25) is 0 Å². The van der Waals surface area contributed by atoms with Crippen molar-refractivity contribution in [3.63, 3.8) is 0 Å². The van der Waals surface area contributed by atoms with E-state index in [1.165, 1.54) is 12.1 Å². The number of piperazine rings is 1. The first-order valence-corrected chi connectivity index (χ1v) is 9.47. The van der Waals surface area contributed by atoms with Gasteiger partial charge in [0.2, 0.25) is 0 Å². The number of halogens is 4. The van der Waals surface area contributed by atoms with E-state index in [2.05, 4.69) is 32.3 Å². The van der Waals surface area contributed by atoms with Gasteiger partial charge >= 0.3 is 6.18 Å². The van der Waals surface area contributed by atoms with Gasteiger partial charge in [-0.1, -0.05) is 19.1 Å².